The van der Waals surface area contributed by atoms with Gasteiger partial charge in [-0.3, -0.25) is 4.99 Å². The molecule has 5 heteroatoms. The van der Waals surface area contributed by atoms with Gasteiger partial charge in [-0.05, 0) is 38.5 Å². The summed E-state index contributed by atoms with van der Waals surface area (Å²) >= 11 is 0. The Morgan fingerprint density at radius 2 is 1.78 bits per heavy atom. The minimum Gasteiger partial charge on any atom is -0.469 e. The van der Waals surface area contributed by atoms with Crippen molar-refractivity contribution in [1.82, 2.24) is 10.6 Å². The van der Waals surface area contributed by atoms with Crippen molar-refractivity contribution in [1.29, 1.82) is 0 Å². The zero-order valence-electron chi connectivity index (χ0n) is 14.0. The average Bonchev–Trinajstić information content (AvgIpc) is 3.00. The van der Waals surface area contributed by atoms with Gasteiger partial charge in [-0.1, -0.05) is 30.3 Å². The molecule has 0 aliphatic carbocycles. The molecule has 2 rings (SSSR count). The summed E-state index contributed by atoms with van der Waals surface area (Å²) in [6.45, 7) is 7.05. The largest absolute Gasteiger partial charge is 0.469 e. The van der Waals surface area contributed by atoms with Crippen LogP contribution in [0.25, 0.3) is 0 Å². The molecule has 2 N–H and O–H groups in total. The van der Waals surface area contributed by atoms with Crippen molar-refractivity contribution in [2.45, 2.75) is 39.3 Å². The number of guanidine groups is 1. The predicted molar refractivity (Wildman–Crippen MR) is 106 cm³/mol. The Labute approximate surface area is 155 Å². The monoisotopic (exact) mass is 427 g/mol. The van der Waals surface area contributed by atoms with Crippen LogP contribution >= 0.6 is 24.0 Å². The Balaban J connectivity index is 0.00000264. The molecular formula is C18H26IN3O. The van der Waals surface area contributed by atoms with Crippen LogP contribution in [0.4, 0.5) is 0 Å². The van der Waals surface area contributed by atoms with Gasteiger partial charge in [-0.2, -0.15) is 0 Å². The molecule has 0 saturated heterocycles. The standard InChI is InChI=1S/C18H25N3O.HI/c1-14(2)20-18(19-12-11-17-10-7-13-22-17)21-15(3)16-8-5-4-6-9-16;/h4-10,13-15H,11-12H2,1-3H3,(H2,19,20,21);1H. The lowest BCUT2D eigenvalue weighted by molar-refractivity contribution is 0.510. The Kier molecular flexibility index (Phi) is 8.76. The van der Waals surface area contributed by atoms with Crippen LogP contribution in [0.1, 0.15) is 38.1 Å². The van der Waals surface area contributed by atoms with Gasteiger partial charge in [0.15, 0.2) is 5.96 Å². The number of halogens is 1. The summed E-state index contributed by atoms with van der Waals surface area (Å²) in [5.74, 6) is 1.79. The van der Waals surface area contributed by atoms with Gasteiger partial charge >= 0.3 is 0 Å². The van der Waals surface area contributed by atoms with Crippen molar-refractivity contribution in [3.05, 3.63) is 60.1 Å². The molecule has 1 heterocycles. The lowest BCUT2D eigenvalue weighted by Gasteiger charge is -2.20. The molecule has 4 nitrogen and oxygen atoms in total. The second kappa shape index (κ2) is 10.3. The van der Waals surface area contributed by atoms with E-state index in [2.05, 4.69) is 60.7 Å². The molecule has 0 bridgehead atoms. The summed E-state index contributed by atoms with van der Waals surface area (Å²) in [4.78, 5) is 4.64. The Hall–Kier alpha value is -1.50. The summed E-state index contributed by atoms with van der Waals surface area (Å²) < 4.78 is 5.34. The molecule has 0 spiro atoms. The molecule has 0 radical (unpaired) electrons. The first-order valence-electron chi connectivity index (χ1n) is 7.80. The molecule has 0 aliphatic heterocycles. The van der Waals surface area contributed by atoms with E-state index in [0.717, 1.165) is 18.1 Å². The van der Waals surface area contributed by atoms with E-state index in [1.54, 1.807) is 6.26 Å². The van der Waals surface area contributed by atoms with Crippen LogP contribution < -0.4 is 10.6 Å². The van der Waals surface area contributed by atoms with Gasteiger partial charge in [-0.25, -0.2) is 0 Å². The van der Waals surface area contributed by atoms with Crippen LogP contribution in [-0.2, 0) is 6.42 Å². The normalized spacial score (nSPS) is 12.6. The van der Waals surface area contributed by atoms with Crippen LogP contribution in [0.2, 0.25) is 0 Å². The molecule has 2 aromatic rings. The number of aliphatic imine (C=N–C) groups is 1. The van der Waals surface area contributed by atoms with Crippen molar-refractivity contribution in [2.24, 2.45) is 4.99 Å². The number of benzene rings is 1. The van der Waals surface area contributed by atoms with E-state index in [1.807, 2.05) is 18.2 Å². The van der Waals surface area contributed by atoms with Crippen molar-refractivity contribution < 1.29 is 4.42 Å². The fourth-order valence-electron chi connectivity index (χ4n) is 2.17. The zero-order valence-corrected chi connectivity index (χ0v) is 16.3. The van der Waals surface area contributed by atoms with Gasteiger partial charge in [0.2, 0.25) is 0 Å². The van der Waals surface area contributed by atoms with E-state index >= 15 is 0 Å². The quantitative estimate of drug-likeness (QED) is 0.414. The first-order valence-corrected chi connectivity index (χ1v) is 7.80. The van der Waals surface area contributed by atoms with Crippen molar-refractivity contribution in [2.75, 3.05) is 6.54 Å². The third-order valence-electron chi connectivity index (χ3n) is 3.29. The van der Waals surface area contributed by atoms with Crippen LogP contribution in [0, 0.1) is 0 Å². The Morgan fingerprint density at radius 3 is 2.39 bits per heavy atom. The van der Waals surface area contributed by atoms with E-state index in [0.29, 0.717) is 12.6 Å². The zero-order chi connectivity index (χ0) is 15.8. The first kappa shape index (κ1) is 19.5. The number of rotatable bonds is 6. The lowest BCUT2D eigenvalue weighted by Crippen LogP contribution is -2.42. The molecular weight excluding hydrogens is 401 g/mol. The third-order valence-corrected chi connectivity index (χ3v) is 3.29. The van der Waals surface area contributed by atoms with Gasteiger partial charge in [0.05, 0.1) is 12.3 Å². The lowest BCUT2D eigenvalue weighted by atomic mass is 10.1. The smallest absolute Gasteiger partial charge is 0.191 e. The second-order valence-electron chi connectivity index (χ2n) is 5.64. The topological polar surface area (TPSA) is 49.6 Å². The molecule has 0 aliphatic rings. The molecule has 126 valence electrons. The van der Waals surface area contributed by atoms with E-state index in [9.17, 15) is 0 Å². The third kappa shape index (κ3) is 7.07. The number of hydrogen-bond donors (Lipinski definition) is 2. The van der Waals surface area contributed by atoms with E-state index in [-0.39, 0.29) is 30.0 Å². The van der Waals surface area contributed by atoms with Gasteiger partial charge in [0.25, 0.3) is 0 Å². The average molecular weight is 427 g/mol. The Bertz CT molecular complexity index is 567. The molecule has 1 aromatic carbocycles. The van der Waals surface area contributed by atoms with Gasteiger partial charge in [-0.15, -0.1) is 24.0 Å². The van der Waals surface area contributed by atoms with E-state index in [1.165, 1.54) is 5.56 Å². The Morgan fingerprint density at radius 1 is 1.04 bits per heavy atom. The maximum absolute atomic E-state index is 5.34. The number of hydrogen-bond acceptors (Lipinski definition) is 2. The second-order valence-corrected chi connectivity index (χ2v) is 5.64. The minimum absolute atomic E-state index is 0. The number of furan rings is 1. The number of nitrogens with one attached hydrogen (secondary N) is 2. The van der Waals surface area contributed by atoms with Crippen LogP contribution in [0.3, 0.4) is 0 Å². The van der Waals surface area contributed by atoms with E-state index < -0.39 is 0 Å². The van der Waals surface area contributed by atoms with Crippen LogP contribution in [-0.4, -0.2) is 18.5 Å². The summed E-state index contributed by atoms with van der Waals surface area (Å²) in [6.07, 6.45) is 2.50. The van der Waals surface area contributed by atoms with Crippen LogP contribution in [0.5, 0.6) is 0 Å². The van der Waals surface area contributed by atoms with E-state index in [4.69, 9.17) is 4.42 Å². The molecule has 0 fully saturated rings. The highest BCUT2D eigenvalue weighted by molar-refractivity contribution is 14.0. The van der Waals surface area contributed by atoms with Crippen LogP contribution in [0.15, 0.2) is 58.1 Å². The maximum Gasteiger partial charge on any atom is 0.191 e. The number of nitrogens with zero attached hydrogens (tertiary/aromatic N) is 1. The SMILES string of the molecule is CC(C)NC(=NCCc1ccco1)NC(C)c1ccccc1.I. The predicted octanol–water partition coefficient (Wildman–Crippen LogP) is 4.14. The fourth-order valence-corrected chi connectivity index (χ4v) is 2.17. The van der Waals surface area contributed by atoms with Gasteiger partial charge in [0.1, 0.15) is 5.76 Å². The summed E-state index contributed by atoms with van der Waals surface area (Å²) in [5.41, 5.74) is 1.24. The van der Waals surface area contributed by atoms with Gasteiger partial charge < -0.3 is 15.1 Å². The molecule has 0 amide bonds. The molecule has 0 saturated carbocycles. The molecule has 1 aromatic heterocycles. The highest BCUT2D eigenvalue weighted by Gasteiger charge is 2.08. The molecule has 1 atom stereocenters. The highest BCUT2D eigenvalue weighted by atomic mass is 127. The molecule has 23 heavy (non-hydrogen) atoms. The minimum atomic E-state index is 0. The fraction of sp³-hybridized carbons (Fsp3) is 0.389. The summed E-state index contributed by atoms with van der Waals surface area (Å²) in [6, 6.07) is 14.8. The molecule has 1 unspecified atom stereocenters. The highest BCUT2D eigenvalue weighted by Crippen LogP contribution is 2.10. The summed E-state index contributed by atoms with van der Waals surface area (Å²) in [5, 5.41) is 6.82. The van der Waals surface area contributed by atoms with Crippen molar-refractivity contribution >= 4 is 29.9 Å². The maximum atomic E-state index is 5.34. The summed E-state index contributed by atoms with van der Waals surface area (Å²) in [7, 11) is 0. The van der Waals surface area contributed by atoms with Crippen molar-refractivity contribution in [3.8, 4) is 0 Å². The first-order chi connectivity index (χ1) is 10.6. The van der Waals surface area contributed by atoms with Gasteiger partial charge in [0, 0.05) is 19.0 Å². The van der Waals surface area contributed by atoms with Crippen molar-refractivity contribution in [3.63, 3.8) is 0 Å².